The molecular weight excluding hydrogens is 340 g/mol. The third-order valence-electron chi connectivity index (χ3n) is 5.06. The molecule has 1 N–H and O–H groups in total. The molecule has 1 aliphatic carbocycles. The lowest BCUT2D eigenvalue weighted by Gasteiger charge is -2.33. The number of rotatable bonds is 5. The quantitative estimate of drug-likeness (QED) is 0.847. The smallest absolute Gasteiger partial charge is 0.245 e. The molecule has 2 rings (SSSR count). The Balaban J connectivity index is 2.18. The summed E-state index contributed by atoms with van der Waals surface area (Å²) < 4.78 is 1.86. The zero-order valence-corrected chi connectivity index (χ0v) is 18.2. The fraction of sp³-hybridized carbons (Fsp3) is 0.762. The lowest BCUT2D eigenvalue weighted by molar-refractivity contribution is -0.142. The van der Waals surface area contributed by atoms with Crippen LogP contribution in [0.4, 0.5) is 5.82 Å². The monoisotopic (exact) mass is 376 g/mol. The lowest BCUT2D eigenvalue weighted by atomic mass is 9.84. The van der Waals surface area contributed by atoms with Crippen molar-refractivity contribution in [3.8, 4) is 0 Å². The summed E-state index contributed by atoms with van der Waals surface area (Å²) in [7, 11) is 0. The van der Waals surface area contributed by atoms with E-state index in [1.165, 1.54) is 0 Å². The maximum absolute atomic E-state index is 12.8. The number of carbonyl (C=O) groups is 2. The van der Waals surface area contributed by atoms with Crippen molar-refractivity contribution in [2.45, 2.75) is 91.6 Å². The molecule has 6 nitrogen and oxygen atoms in total. The molecule has 0 radical (unpaired) electrons. The topological polar surface area (TPSA) is 67.2 Å². The largest absolute Gasteiger partial charge is 0.331 e. The van der Waals surface area contributed by atoms with Crippen LogP contribution in [0.25, 0.3) is 0 Å². The predicted octanol–water partition coefficient (Wildman–Crippen LogP) is 3.91. The summed E-state index contributed by atoms with van der Waals surface area (Å²) in [6.07, 6.45) is 2.99. The number of amides is 2. The first kappa shape index (κ1) is 21.5. The standard InChI is InChI=1S/C21H36N4O2/c1-14(2)24(19(27)15-10-9-11-15)13-18(26)22-17-12-16(20(3,4)5)23-25(17)21(6,7)8/h12,14-15H,9-11,13H2,1-8H3,(H,22,26). The van der Waals surface area contributed by atoms with E-state index in [0.717, 1.165) is 25.0 Å². The minimum absolute atomic E-state index is 0.00140. The van der Waals surface area contributed by atoms with Crippen molar-refractivity contribution in [3.05, 3.63) is 11.8 Å². The van der Waals surface area contributed by atoms with Gasteiger partial charge in [-0.25, -0.2) is 4.68 Å². The van der Waals surface area contributed by atoms with Gasteiger partial charge >= 0.3 is 0 Å². The van der Waals surface area contributed by atoms with Crippen molar-refractivity contribution in [1.82, 2.24) is 14.7 Å². The molecule has 1 fully saturated rings. The summed E-state index contributed by atoms with van der Waals surface area (Å²) in [6.45, 7) is 16.5. The van der Waals surface area contributed by atoms with Gasteiger partial charge in [-0.1, -0.05) is 27.2 Å². The highest BCUT2D eigenvalue weighted by atomic mass is 16.2. The number of anilines is 1. The third kappa shape index (κ3) is 5.11. The second-order valence-electron chi connectivity index (χ2n) is 9.98. The van der Waals surface area contributed by atoms with Gasteiger partial charge in [-0.2, -0.15) is 5.10 Å². The number of hydrogen-bond donors (Lipinski definition) is 1. The van der Waals surface area contributed by atoms with Gasteiger partial charge in [0.25, 0.3) is 0 Å². The molecule has 1 heterocycles. The van der Waals surface area contributed by atoms with E-state index in [9.17, 15) is 9.59 Å². The first-order valence-corrected chi connectivity index (χ1v) is 10.0. The van der Waals surface area contributed by atoms with Crippen LogP contribution < -0.4 is 5.32 Å². The van der Waals surface area contributed by atoms with Crippen molar-refractivity contribution in [2.75, 3.05) is 11.9 Å². The van der Waals surface area contributed by atoms with Crippen LogP contribution in [0.15, 0.2) is 6.07 Å². The molecule has 1 aromatic heterocycles. The van der Waals surface area contributed by atoms with Gasteiger partial charge in [-0.15, -0.1) is 0 Å². The van der Waals surface area contributed by atoms with Gasteiger partial charge in [0.2, 0.25) is 11.8 Å². The van der Waals surface area contributed by atoms with Crippen molar-refractivity contribution in [2.24, 2.45) is 5.92 Å². The first-order chi connectivity index (χ1) is 12.3. The zero-order chi connectivity index (χ0) is 20.6. The number of nitrogens with zero attached hydrogens (tertiary/aromatic N) is 3. The number of aromatic nitrogens is 2. The van der Waals surface area contributed by atoms with E-state index in [1.54, 1.807) is 4.90 Å². The molecule has 6 heteroatoms. The average Bonchev–Trinajstić information content (AvgIpc) is 2.86. The molecule has 0 unspecified atom stereocenters. The Labute approximate surface area is 163 Å². The Hall–Kier alpha value is -1.85. The molecule has 0 saturated heterocycles. The van der Waals surface area contributed by atoms with Crippen molar-refractivity contribution in [1.29, 1.82) is 0 Å². The Bertz CT molecular complexity index is 688. The Morgan fingerprint density at radius 3 is 2.22 bits per heavy atom. The fourth-order valence-electron chi connectivity index (χ4n) is 3.09. The summed E-state index contributed by atoms with van der Waals surface area (Å²) >= 11 is 0. The normalized spacial score (nSPS) is 15.6. The third-order valence-corrected chi connectivity index (χ3v) is 5.06. The highest BCUT2D eigenvalue weighted by molar-refractivity contribution is 5.94. The molecule has 0 aromatic carbocycles. The predicted molar refractivity (Wildman–Crippen MR) is 109 cm³/mol. The van der Waals surface area contributed by atoms with Crippen molar-refractivity contribution < 1.29 is 9.59 Å². The van der Waals surface area contributed by atoms with Crippen molar-refractivity contribution in [3.63, 3.8) is 0 Å². The molecule has 1 aliphatic rings. The highest BCUT2D eigenvalue weighted by Gasteiger charge is 2.32. The maximum atomic E-state index is 12.8. The summed E-state index contributed by atoms with van der Waals surface area (Å²) in [4.78, 5) is 27.1. The van der Waals surface area contributed by atoms with Gasteiger partial charge in [0.05, 0.1) is 11.2 Å². The van der Waals surface area contributed by atoms with Gasteiger partial charge in [0.1, 0.15) is 12.4 Å². The fourth-order valence-corrected chi connectivity index (χ4v) is 3.09. The molecule has 0 aliphatic heterocycles. The van der Waals surface area contributed by atoms with E-state index >= 15 is 0 Å². The Kier molecular flexibility index (Phi) is 6.07. The van der Waals surface area contributed by atoms with Crippen LogP contribution in [0.2, 0.25) is 0 Å². The average molecular weight is 377 g/mol. The summed E-state index contributed by atoms with van der Waals surface area (Å²) in [5, 5.41) is 7.72. The Morgan fingerprint density at radius 1 is 1.22 bits per heavy atom. The molecule has 152 valence electrons. The molecule has 1 saturated carbocycles. The van der Waals surface area contributed by atoms with E-state index in [2.05, 4.69) is 46.9 Å². The van der Waals surface area contributed by atoms with Crippen LogP contribution >= 0.6 is 0 Å². The van der Waals surface area contributed by atoms with Crippen molar-refractivity contribution >= 4 is 17.6 Å². The van der Waals surface area contributed by atoms with Crippen LogP contribution in [0.5, 0.6) is 0 Å². The molecular formula is C21H36N4O2. The number of carbonyl (C=O) groups excluding carboxylic acids is 2. The van der Waals surface area contributed by atoms with Gasteiger partial charge in [-0.3, -0.25) is 9.59 Å². The van der Waals surface area contributed by atoms with Crippen LogP contribution in [0, 0.1) is 5.92 Å². The van der Waals surface area contributed by atoms with Gasteiger partial charge in [-0.05, 0) is 47.5 Å². The molecule has 27 heavy (non-hydrogen) atoms. The SMILES string of the molecule is CC(C)N(CC(=O)Nc1cc(C(C)(C)C)nn1C(C)(C)C)C(=O)C1CCC1. The summed E-state index contributed by atoms with van der Waals surface area (Å²) in [5.41, 5.74) is 0.560. The minimum Gasteiger partial charge on any atom is -0.331 e. The number of hydrogen-bond acceptors (Lipinski definition) is 3. The second-order valence-corrected chi connectivity index (χ2v) is 9.98. The van der Waals surface area contributed by atoms with E-state index in [-0.39, 0.29) is 41.3 Å². The van der Waals surface area contributed by atoms with E-state index < -0.39 is 0 Å². The molecule has 0 atom stereocenters. The van der Waals surface area contributed by atoms with Crippen LogP contribution in [-0.4, -0.2) is 39.1 Å². The van der Waals surface area contributed by atoms with E-state index in [0.29, 0.717) is 5.82 Å². The number of nitrogens with one attached hydrogen (secondary N) is 1. The van der Waals surface area contributed by atoms with Crippen LogP contribution in [0.3, 0.4) is 0 Å². The molecule has 1 aromatic rings. The van der Waals surface area contributed by atoms with Crippen LogP contribution in [0.1, 0.15) is 80.3 Å². The lowest BCUT2D eigenvalue weighted by Crippen LogP contribution is -2.46. The first-order valence-electron chi connectivity index (χ1n) is 10.0. The molecule has 0 bridgehead atoms. The summed E-state index contributed by atoms with van der Waals surface area (Å²) in [6, 6.07) is 1.94. The summed E-state index contributed by atoms with van der Waals surface area (Å²) in [5.74, 6) is 0.693. The maximum Gasteiger partial charge on any atom is 0.245 e. The molecule has 0 spiro atoms. The second kappa shape index (κ2) is 7.64. The zero-order valence-electron chi connectivity index (χ0n) is 18.2. The van der Waals surface area contributed by atoms with Gasteiger partial charge in [0.15, 0.2) is 0 Å². The minimum atomic E-state index is -0.258. The Morgan fingerprint density at radius 2 is 1.81 bits per heavy atom. The van der Waals surface area contributed by atoms with Gasteiger partial charge in [0, 0.05) is 23.4 Å². The van der Waals surface area contributed by atoms with Crippen LogP contribution in [-0.2, 0) is 20.5 Å². The van der Waals surface area contributed by atoms with E-state index in [1.807, 2.05) is 24.6 Å². The highest BCUT2D eigenvalue weighted by Crippen LogP contribution is 2.30. The van der Waals surface area contributed by atoms with Gasteiger partial charge < -0.3 is 10.2 Å². The van der Waals surface area contributed by atoms with E-state index in [4.69, 9.17) is 5.10 Å². The molecule has 2 amide bonds.